The van der Waals surface area contributed by atoms with Crippen LogP contribution in [0.3, 0.4) is 0 Å². The molecule has 2 unspecified atom stereocenters. The summed E-state index contributed by atoms with van der Waals surface area (Å²) < 4.78 is 26.0. The van der Waals surface area contributed by atoms with Gasteiger partial charge in [0.25, 0.3) is 0 Å². The third-order valence-electron chi connectivity index (χ3n) is 5.30. The van der Waals surface area contributed by atoms with Gasteiger partial charge in [-0.2, -0.15) is 0 Å². The molecule has 2 rings (SSSR count). The molecule has 0 aliphatic rings. The summed E-state index contributed by atoms with van der Waals surface area (Å²) in [5.41, 5.74) is 0.926. The number of carbonyl (C=O) groups excluding carboxylic acids is 2. The van der Waals surface area contributed by atoms with Crippen LogP contribution < -0.4 is 9.62 Å². The Hall–Kier alpha value is -2.00. The van der Waals surface area contributed by atoms with E-state index < -0.39 is 28.5 Å². The zero-order chi connectivity index (χ0) is 25.6. The molecule has 0 bridgehead atoms. The average Bonchev–Trinajstić information content (AvgIpc) is 2.77. The number of amides is 2. The Kier molecular flexibility index (Phi) is 10.1. The van der Waals surface area contributed by atoms with Crippen LogP contribution in [0.2, 0.25) is 15.1 Å². The summed E-state index contributed by atoms with van der Waals surface area (Å²) in [5, 5.41) is 3.81. The van der Waals surface area contributed by atoms with Gasteiger partial charge in [0.15, 0.2) is 0 Å². The zero-order valence-electron chi connectivity index (χ0n) is 19.4. The van der Waals surface area contributed by atoms with Crippen LogP contribution in [0, 0.1) is 0 Å². The number of anilines is 1. The fourth-order valence-electron chi connectivity index (χ4n) is 3.09. The summed E-state index contributed by atoms with van der Waals surface area (Å²) in [4.78, 5) is 27.6. The highest BCUT2D eigenvalue weighted by Crippen LogP contribution is 2.28. The smallest absolute Gasteiger partial charge is 0.244 e. The molecule has 1 N–H and O–H groups in total. The van der Waals surface area contributed by atoms with Gasteiger partial charge in [-0.15, -0.1) is 0 Å². The van der Waals surface area contributed by atoms with Gasteiger partial charge in [0.1, 0.15) is 12.6 Å². The van der Waals surface area contributed by atoms with Gasteiger partial charge in [0, 0.05) is 17.6 Å². The van der Waals surface area contributed by atoms with Crippen LogP contribution in [0.4, 0.5) is 5.69 Å². The number of benzene rings is 2. The predicted octanol–water partition coefficient (Wildman–Crippen LogP) is 4.74. The number of hydrogen-bond acceptors (Lipinski definition) is 4. The second kappa shape index (κ2) is 12.1. The van der Waals surface area contributed by atoms with Crippen molar-refractivity contribution in [2.24, 2.45) is 0 Å². The van der Waals surface area contributed by atoms with E-state index in [1.807, 2.05) is 13.8 Å². The van der Waals surface area contributed by atoms with E-state index in [9.17, 15) is 18.0 Å². The molecule has 7 nitrogen and oxygen atoms in total. The number of halogens is 3. The quantitative estimate of drug-likeness (QED) is 0.464. The first-order valence-corrected chi connectivity index (χ1v) is 13.6. The molecular formula is C23H28Cl3N3O4S. The van der Waals surface area contributed by atoms with Crippen LogP contribution in [-0.2, 0) is 26.2 Å². The fraction of sp³-hybridized carbons (Fsp3) is 0.391. The molecule has 0 aliphatic heterocycles. The van der Waals surface area contributed by atoms with Crippen molar-refractivity contribution in [1.29, 1.82) is 0 Å². The number of sulfonamides is 1. The van der Waals surface area contributed by atoms with E-state index in [1.165, 1.54) is 23.1 Å². The molecule has 186 valence electrons. The van der Waals surface area contributed by atoms with Crippen LogP contribution in [0.25, 0.3) is 0 Å². The van der Waals surface area contributed by atoms with Gasteiger partial charge in [-0.05, 0) is 56.2 Å². The molecule has 0 aliphatic carbocycles. The van der Waals surface area contributed by atoms with Gasteiger partial charge < -0.3 is 10.2 Å². The maximum absolute atomic E-state index is 13.5. The van der Waals surface area contributed by atoms with Gasteiger partial charge in [-0.3, -0.25) is 13.9 Å². The van der Waals surface area contributed by atoms with Crippen LogP contribution >= 0.6 is 34.8 Å². The molecule has 0 radical (unpaired) electrons. The second-order valence-corrected chi connectivity index (χ2v) is 11.2. The maximum Gasteiger partial charge on any atom is 0.244 e. The minimum atomic E-state index is -3.86. The SMILES string of the molecule is CCC(C)NC(=O)C(C)N(Cc1ccc(Cl)cc1)C(=O)CN(c1ccc(Cl)c(Cl)c1)S(C)(=O)=O. The molecule has 0 heterocycles. The first-order valence-electron chi connectivity index (χ1n) is 10.6. The lowest BCUT2D eigenvalue weighted by Crippen LogP contribution is -2.52. The standard InChI is InChI=1S/C23H28Cl3N3O4S/c1-5-15(2)27-23(31)16(3)28(13-17-6-8-18(24)9-7-17)22(30)14-29(34(4,32)33)19-10-11-20(25)21(26)12-19/h6-12,15-16H,5,13-14H2,1-4H3,(H,27,31). The molecule has 11 heteroatoms. The van der Waals surface area contributed by atoms with E-state index in [0.29, 0.717) is 5.02 Å². The number of rotatable bonds is 10. The summed E-state index contributed by atoms with van der Waals surface area (Å²) in [6.07, 6.45) is 1.72. The zero-order valence-corrected chi connectivity index (χ0v) is 22.5. The summed E-state index contributed by atoms with van der Waals surface area (Å²) in [7, 11) is -3.86. The van der Waals surface area contributed by atoms with E-state index >= 15 is 0 Å². The minimum absolute atomic E-state index is 0.0776. The topological polar surface area (TPSA) is 86.8 Å². The third-order valence-corrected chi connectivity index (χ3v) is 7.44. The highest BCUT2D eigenvalue weighted by molar-refractivity contribution is 7.92. The lowest BCUT2D eigenvalue weighted by Gasteiger charge is -2.32. The number of nitrogens with one attached hydrogen (secondary N) is 1. The van der Waals surface area contributed by atoms with Gasteiger partial charge in [0.2, 0.25) is 21.8 Å². The minimum Gasteiger partial charge on any atom is -0.352 e. The number of hydrogen-bond donors (Lipinski definition) is 1. The van der Waals surface area contributed by atoms with Crippen molar-refractivity contribution < 1.29 is 18.0 Å². The second-order valence-electron chi connectivity index (χ2n) is 8.01. The first kappa shape index (κ1) is 28.2. The van der Waals surface area contributed by atoms with Crippen LogP contribution in [0.5, 0.6) is 0 Å². The molecule has 2 amide bonds. The van der Waals surface area contributed by atoms with Crippen molar-refractivity contribution in [3.63, 3.8) is 0 Å². The van der Waals surface area contributed by atoms with Gasteiger partial charge in [-0.1, -0.05) is 53.9 Å². The van der Waals surface area contributed by atoms with Gasteiger partial charge in [-0.25, -0.2) is 8.42 Å². The molecule has 0 saturated carbocycles. The molecule has 0 aromatic heterocycles. The van der Waals surface area contributed by atoms with Crippen LogP contribution in [-0.4, -0.2) is 50.0 Å². The number of carbonyl (C=O) groups is 2. The normalized spacial score (nSPS) is 13.1. The van der Waals surface area contributed by atoms with Crippen molar-refractivity contribution in [2.45, 2.75) is 45.8 Å². The average molecular weight is 549 g/mol. The maximum atomic E-state index is 13.5. The Morgan fingerprint density at radius 2 is 1.62 bits per heavy atom. The van der Waals surface area contributed by atoms with E-state index in [-0.39, 0.29) is 34.2 Å². The highest BCUT2D eigenvalue weighted by atomic mass is 35.5. The van der Waals surface area contributed by atoms with Crippen molar-refractivity contribution >= 4 is 62.3 Å². The third kappa shape index (κ3) is 7.77. The summed E-state index contributed by atoms with van der Waals surface area (Å²) in [6, 6.07) is 10.2. The van der Waals surface area contributed by atoms with Crippen molar-refractivity contribution in [3.05, 3.63) is 63.1 Å². The Bertz CT molecular complexity index is 1130. The summed E-state index contributed by atoms with van der Waals surface area (Å²) in [5.74, 6) is -0.893. The van der Waals surface area contributed by atoms with E-state index in [1.54, 1.807) is 31.2 Å². The molecular weight excluding hydrogens is 521 g/mol. The molecule has 2 aromatic carbocycles. The van der Waals surface area contributed by atoms with Crippen molar-refractivity contribution in [2.75, 3.05) is 17.1 Å². The largest absolute Gasteiger partial charge is 0.352 e. The predicted molar refractivity (Wildman–Crippen MR) is 138 cm³/mol. The molecule has 0 spiro atoms. The Morgan fingerprint density at radius 3 is 2.15 bits per heavy atom. The fourth-order valence-corrected chi connectivity index (χ4v) is 4.35. The Morgan fingerprint density at radius 1 is 1.00 bits per heavy atom. The molecule has 0 fully saturated rings. The lowest BCUT2D eigenvalue weighted by molar-refractivity contribution is -0.139. The summed E-state index contributed by atoms with van der Waals surface area (Å²) >= 11 is 18.0. The number of nitrogens with zero attached hydrogens (tertiary/aromatic N) is 2. The molecule has 2 aromatic rings. The Balaban J connectivity index is 2.39. The lowest BCUT2D eigenvalue weighted by atomic mass is 10.1. The monoisotopic (exact) mass is 547 g/mol. The van der Waals surface area contributed by atoms with E-state index in [0.717, 1.165) is 22.5 Å². The van der Waals surface area contributed by atoms with Crippen molar-refractivity contribution in [3.8, 4) is 0 Å². The van der Waals surface area contributed by atoms with E-state index in [2.05, 4.69) is 5.32 Å². The van der Waals surface area contributed by atoms with Gasteiger partial charge in [0.05, 0.1) is 22.0 Å². The van der Waals surface area contributed by atoms with Crippen LogP contribution in [0.15, 0.2) is 42.5 Å². The highest BCUT2D eigenvalue weighted by Gasteiger charge is 2.30. The Labute approximate surface area is 216 Å². The molecule has 0 saturated heterocycles. The first-order chi connectivity index (χ1) is 15.8. The van der Waals surface area contributed by atoms with E-state index in [4.69, 9.17) is 34.8 Å². The van der Waals surface area contributed by atoms with Crippen LogP contribution in [0.1, 0.15) is 32.8 Å². The summed E-state index contributed by atoms with van der Waals surface area (Å²) in [6.45, 7) is 4.98. The molecule has 2 atom stereocenters. The van der Waals surface area contributed by atoms with Crippen molar-refractivity contribution in [1.82, 2.24) is 10.2 Å². The molecule has 34 heavy (non-hydrogen) atoms. The van der Waals surface area contributed by atoms with Gasteiger partial charge >= 0.3 is 0 Å².